The first-order chi connectivity index (χ1) is 8.63. The molecule has 0 aliphatic heterocycles. The molecule has 1 nitrogen and oxygen atoms in total. The molecule has 0 saturated heterocycles. The highest BCUT2D eigenvalue weighted by atomic mass is 14.9. The van der Waals surface area contributed by atoms with Gasteiger partial charge in [-0.2, -0.15) is 0 Å². The zero-order valence-electron chi connectivity index (χ0n) is 12.5. The Hall–Kier alpha value is -0.820. The van der Waals surface area contributed by atoms with Crippen LogP contribution in [0.2, 0.25) is 0 Å². The molecule has 0 amide bonds. The minimum absolute atomic E-state index is 0.462. The zero-order chi connectivity index (χ0) is 13.4. The van der Waals surface area contributed by atoms with Crippen LogP contribution >= 0.6 is 0 Å². The lowest BCUT2D eigenvalue weighted by Crippen LogP contribution is -2.20. The molecule has 0 heterocycles. The van der Waals surface area contributed by atoms with Crippen molar-refractivity contribution < 1.29 is 0 Å². The number of nitrogens with one attached hydrogen (secondary N) is 1. The third-order valence-corrected chi connectivity index (χ3v) is 3.47. The topological polar surface area (TPSA) is 12.0 Å². The van der Waals surface area contributed by atoms with E-state index >= 15 is 0 Å². The first-order valence-corrected chi connectivity index (χ1v) is 7.45. The van der Waals surface area contributed by atoms with Crippen molar-refractivity contribution >= 4 is 0 Å². The summed E-state index contributed by atoms with van der Waals surface area (Å²) in [7, 11) is 0. The van der Waals surface area contributed by atoms with E-state index in [1.165, 1.54) is 36.8 Å². The van der Waals surface area contributed by atoms with E-state index in [0.717, 1.165) is 12.5 Å². The van der Waals surface area contributed by atoms with Gasteiger partial charge in [0.05, 0.1) is 0 Å². The quantitative estimate of drug-likeness (QED) is 0.700. The van der Waals surface area contributed by atoms with E-state index in [2.05, 4.69) is 57.3 Å². The molecule has 1 aromatic carbocycles. The van der Waals surface area contributed by atoms with Gasteiger partial charge in [0.25, 0.3) is 0 Å². The van der Waals surface area contributed by atoms with Crippen molar-refractivity contribution in [3.63, 3.8) is 0 Å². The smallest absolute Gasteiger partial charge is 0.0291 e. The summed E-state index contributed by atoms with van der Waals surface area (Å²) >= 11 is 0. The van der Waals surface area contributed by atoms with Crippen LogP contribution in [0.5, 0.6) is 0 Å². The van der Waals surface area contributed by atoms with Crippen molar-refractivity contribution in [2.45, 2.75) is 59.4 Å². The molecule has 1 N–H and O–H groups in total. The van der Waals surface area contributed by atoms with Crippen LogP contribution in [0, 0.1) is 5.92 Å². The number of benzene rings is 1. The molecule has 1 aromatic rings. The molecular formula is C17H29N. The molecule has 1 atom stereocenters. The fraction of sp³-hybridized carbons (Fsp3) is 0.647. The summed E-state index contributed by atoms with van der Waals surface area (Å²) in [6.07, 6.45) is 5.03. The number of unbranched alkanes of at least 4 members (excludes halogenated alkanes) is 1. The van der Waals surface area contributed by atoms with Gasteiger partial charge in [-0.05, 0) is 49.8 Å². The van der Waals surface area contributed by atoms with Crippen molar-refractivity contribution in [3.05, 3.63) is 35.4 Å². The average Bonchev–Trinajstić information content (AvgIpc) is 2.36. The Morgan fingerprint density at radius 3 is 2.28 bits per heavy atom. The van der Waals surface area contributed by atoms with Crippen molar-refractivity contribution in [1.82, 2.24) is 5.32 Å². The first-order valence-electron chi connectivity index (χ1n) is 7.45. The zero-order valence-corrected chi connectivity index (χ0v) is 12.5. The van der Waals surface area contributed by atoms with E-state index in [4.69, 9.17) is 0 Å². The van der Waals surface area contributed by atoms with Gasteiger partial charge in [-0.15, -0.1) is 0 Å². The van der Waals surface area contributed by atoms with Crippen molar-refractivity contribution in [2.75, 3.05) is 6.54 Å². The van der Waals surface area contributed by atoms with Crippen LogP contribution in [0.15, 0.2) is 24.3 Å². The monoisotopic (exact) mass is 247 g/mol. The molecule has 0 aliphatic rings. The largest absolute Gasteiger partial charge is 0.310 e. The molecule has 0 radical (unpaired) electrons. The summed E-state index contributed by atoms with van der Waals surface area (Å²) in [6.45, 7) is 10.1. The Kier molecular flexibility index (Phi) is 7.04. The normalized spacial score (nSPS) is 12.9. The minimum Gasteiger partial charge on any atom is -0.310 e. The molecule has 0 fully saturated rings. The summed E-state index contributed by atoms with van der Waals surface area (Å²) in [5.74, 6) is 0.779. The van der Waals surface area contributed by atoms with Gasteiger partial charge in [0.15, 0.2) is 0 Å². The van der Waals surface area contributed by atoms with E-state index in [-0.39, 0.29) is 0 Å². The fourth-order valence-electron chi connectivity index (χ4n) is 2.06. The standard InChI is InChI=1S/C17H29N/c1-5-6-7-16-8-10-17(11-9-16)15(4)18-13-12-14(2)3/h8-11,14-15,18H,5-7,12-13H2,1-4H3. The van der Waals surface area contributed by atoms with Gasteiger partial charge in [-0.25, -0.2) is 0 Å². The lowest BCUT2D eigenvalue weighted by molar-refractivity contribution is 0.497. The van der Waals surface area contributed by atoms with Gasteiger partial charge in [0.2, 0.25) is 0 Å². The molecule has 1 unspecified atom stereocenters. The lowest BCUT2D eigenvalue weighted by Gasteiger charge is -2.15. The highest BCUT2D eigenvalue weighted by Crippen LogP contribution is 2.15. The van der Waals surface area contributed by atoms with E-state index < -0.39 is 0 Å². The van der Waals surface area contributed by atoms with Crippen LogP contribution in [-0.2, 0) is 6.42 Å². The Morgan fingerprint density at radius 2 is 1.72 bits per heavy atom. The molecule has 1 heteroatoms. The van der Waals surface area contributed by atoms with Crippen LogP contribution < -0.4 is 5.32 Å². The predicted molar refractivity (Wildman–Crippen MR) is 80.9 cm³/mol. The maximum Gasteiger partial charge on any atom is 0.0291 e. The number of rotatable bonds is 8. The third kappa shape index (κ3) is 5.68. The summed E-state index contributed by atoms with van der Waals surface area (Å²) < 4.78 is 0. The van der Waals surface area contributed by atoms with Crippen molar-refractivity contribution in [2.24, 2.45) is 5.92 Å². The van der Waals surface area contributed by atoms with Crippen molar-refractivity contribution in [3.8, 4) is 0 Å². The van der Waals surface area contributed by atoms with Gasteiger partial charge in [0, 0.05) is 6.04 Å². The molecule has 0 bridgehead atoms. The molecule has 0 aliphatic carbocycles. The number of aryl methyl sites for hydroxylation is 1. The van der Waals surface area contributed by atoms with Gasteiger partial charge < -0.3 is 5.32 Å². The molecule has 1 rings (SSSR count). The highest BCUT2D eigenvalue weighted by molar-refractivity contribution is 5.24. The van der Waals surface area contributed by atoms with Crippen LogP contribution in [0.1, 0.15) is 64.1 Å². The maximum atomic E-state index is 3.59. The second-order valence-electron chi connectivity index (χ2n) is 5.70. The van der Waals surface area contributed by atoms with Gasteiger partial charge in [0.1, 0.15) is 0 Å². The molecule has 0 saturated carbocycles. The van der Waals surface area contributed by atoms with Crippen LogP contribution in [0.25, 0.3) is 0 Å². The van der Waals surface area contributed by atoms with Crippen LogP contribution in [0.4, 0.5) is 0 Å². The second kappa shape index (κ2) is 8.31. The SMILES string of the molecule is CCCCc1ccc(C(C)NCCC(C)C)cc1. The summed E-state index contributed by atoms with van der Waals surface area (Å²) in [6, 6.07) is 9.58. The van der Waals surface area contributed by atoms with Crippen molar-refractivity contribution in [1.29, 1.82) is 0 Å². The number of hydrogen-bond donors (Lipinski definition) is 1. The molecular weight excluding hydrogens is 218 g/mol. The molecule has 0 aromatic heterocycles. The Morgan fingerprint density at radius 1 is 1.06 bits per heavy atom. The second-order valence-corrected chi connectivity index (χ2v) is 5.70. The van der Waals surface area contributed by atoms with Crippen LogP contribution in [-0.4, -0.2) is 6.54 Å². The number of hydrogen-bond acceptors (Lipinski definition) is 1. The van der Waals surface area contributed by atoms with Gasteiger partial charge in [-0.1, -0.05) is 51.5 Å². The predicted octanol–water partition coefficient (Wildman–Crippen LogP) is 4.73. The average molecular weight is 247 g/mol. The maximum absolute atomic E-state index is 3.59. The van der Waals surface area contributed by atoms with Crippen LogP contribution in [0.3, 0.4) is 0 Å². The summed E-state index contributed by atoms with van der Waals surface area (Å²) in [4.78, 5) is 0. The van der Waals surface area contributed by atoms with E-state index in [0.29, 0.717) is 6.04 Å². The first kappa shape index (κ1) is 15.2. The summed E-state index contributed by atoms with van der Waals surface area (Å²) in [5.41, 5.74) is 2.87. The van der Waals surface area contributed by atoms with E-state index in [1.54, 1.807) is 0 Å². The Labute approximate surface area is 113 Å². The van der Waals surface area contributed by atoms with Gasteiger partial charge in [-0.3, -0.25) is 0 Å². The summed E-state index contributed by atoms with van der Waals surface area (Å²) in [5, 5.41) is 3.59. The third-order valence-electron chi connectivity index (χ3n) is 3.47. The Balaban J connectivity index is 2.40. The molecule has 18 heavy (non-hydrogen) atoms. The fourth-order valence-corrected chi connectivity index (χ4v) is 2.06. The minimum atomic E-state index is 0.462. The van der Waals surface area contributed by atoms with E-state index in [9.17, 15) is 0 Å². The Bertz CT molecular complexity index is 313. The van der Waals surface area contributed by atoms with Gasteiger partial charge >= 0.3 is 0 Å². The lowest BCUT2D eigenvalue weighted by atomic mass is 10.0. The molecule has 102 valence electrons. The van der Waals surface area contributed by atoms with E-state index in [1.807, 2.05) is 0 Å². The highest BCUT2D eigenvalue weighted by Gasteiger charge is 2.04. The molecule has 0 spiro atoms.